The van der Waals surface area contributed by atoms with E-state index in [9.17, 15) is 4.79 Å². The second kappa shape index (κ2) is 10.6. The first-order chi connectivity index (χ1) is 17.4. The molecule has 0 bridgehead atoms. The average Bonchev–Trinajstić information content (AvgIpc) is 2.89. The number of carbonyl (C=O) groups excluding carboxylic acids is 1. The first kappa shape index (κ1) is 24.8. The predicted molar refractivity (Wildman–Crippen MR) is 144 cm³/mol. The molecule has 1 aromatic carbocycles. The summed E-state index contributed by atoms with van der Waals surface area (Å²) in [6, 6.07) is 8.19. The van der Waals surface area contributed by atoms with E-state index in [1.54, 1.807) is 0 Å². The van der Waals surface area contributed by atoms with Gasteiger partial charge in [-0.05, 0) is 56.4 Å². The first-order valence-electron chi connectivity index (χ1n) is 12.6. The van der Waals surface area contributed by atoms with Crippen molar-refractivity contribution < 1.29 is 9.53 Å². The second-order valence-electron chi connectivity index (χ2n) is 10.1. The number of nitrogens with zero attached hydrogens (tertiary/aromatic N) is 4. The lowest BCUT2D eigenvalue weighted by Gasteiger charge is -2.37. The molecule has 5 rings (SSSR count). The Balaban J connectivity index is 1.41. The standard InChI is InChI=1S/C28H34ClN5O2/c1-19-14-21(4-5-25(19)29)26(18-32(2)3)34-9-7-20(15-27(34)35)23-6-8-30-28-24(23)16-22(17-31-28)33-10-12-36-13-11-33/h4-9,14,16-17,20,23,26H,10-13,15,18H2,1-3H3,(H,30,31)/t20?,23-,26?/m1/s1. The number of fused-ring (bicyclic) bond motifs is 1. The van der Waals surface area contributed by atoms with Crippen molar-refractivity contribution in [2.45, 2.75) is 25.3 Å². The van der Waals surface area contributed by atoms with Gasteiger partial charge in [0.05, 0.1) is 31.1 Å². The van der Waals surface area contributed by atoms with Gasteiger partial charge < -0.3 is 24.8 Å². The smallest absolute Gasteiger partial charge is 0.227 e. The van der Waals surface area contributed by atoms with E-state index in [4.69, 9.17) is 21.3 Å². The average molecular weight is 508 g/mol. The molecule has 4 heterocycles. The Morgan fingerprint density at radius 2 is 2.03 bits per heavy atom. The number of amides is 1. The van der Waals surface area contributed by atoms with Gasteiger partial charge in [0.25, 0.3) is 0 Å². The highest BCUT2D eigenvalue weighted by atomic mass is 35.5. The molecular weight excluding hydrogens is 474 g/mol. The lowest BCUT2D eigenvalue weighted by Crippen LogP contribution is -2.39. The van der Waals surface area contributed by atoms with Crippen molar-refractivity contribution in [3.63, 3.8) is 0 Å². The molecule has 1 aromatic heterocycles. The molecule has 1 fully saturated rings. The van der Waals surface area contributed by atoms with E-state index in [2.05, 4.69) is 39.4 Å². The number of nitrogens with one attached hydrogen (secondary N) is 1. The van der Waals surface area contributed by atoms with Gasteiger partial charge in [0.1, 0.15) is 5.82 Å². The lowest BCUT2D eigenvalue weighted by molar-refractivity contribution is -0.132. The summed E-state index contributed by atoms with van der Waals surface area (Å²) in [6.07, 6.45) is 10.7. The maximum Gasteiger partial charge on any atom is 0.227 e. The number of aryl methyl sites for hydroxylation is 1. The van der Waals surface area contributed by atoms with Gasteiger partial charge >= 0.3 is 0 Å². The molecule has 0 aliphatic carbocycles. The van der Waals surface area contributed by atoms with Gasteiger partial charge in [-0.2, -0.15) is 0 Å². The highest BCUT2D eigenvalue weighted by molar-refractivity contribution is 6.31. The summed E-state index contributed by atoms with van der Waals surface area (Å²) in [5.41, 5.74) is 4.35. The third-order valence-corrected chi connectivity index (χ3v) is 7.68. The molecule has 1 amide bonds. The van der Waals surface area contributed by atoms with Gasteiger partial charge in [0.2, 0.25) is 5.91 Å². The molecule has 190 valence electrons. The van der Waals surface area contributed by atoms with Crippen LogP contribution in [0.4, 0.5) is 11.5 Å². The van der Waals surface area contributed by atoms with Crippen LogP contribution in [0.15, 0.2) is 55.0 Å². The van der Waals surface area contributed by atoms with Crippen molar-refractivity contribution in [1.82, 2.24) is 14.8 Å². The number of allylic oxidation sites excluding steroid dienone is 2. The summed E-state index contributed by atoms with van der Waals surface area (Å²) in [5.74, 6) is 1.15. The number of hydrogen-bond donors (Lipinski definition) is 1. The van der Waals surface area contributed by atoms with Gasteiger partial charge in [-0.1, -0.05) is 35.9 Å². The Hall–Kier alpha value is -2.87. The number of likely N-dealkylation sites (N-methyl/N-ethyl adjacent to an activating group) is 1. The summed E-state index contributed by atoms with van der Waals surface area (Å²) in [7, 11) is 4.07. The van der Waals surface area contributed by atoms with Crippen molar-refractivity contribution in [3.05, 3.63) is 76.7 Å². The second-order valence-corrected chi connectivity index (χ2v) is 10.5. The maximum absolute atomic E-state index is 13.6. The fourth-order valence-electron chi connectivity index (χ4n) is 5.31. The number of pyridine rings is 1. The molecule has 0 spiro atoms. The van der Waals surface area contributed by atoms with Crippen LogP contribution >= 0.6 is 11.6 Å². The summed E-state index contributed by atoms with van der Waals surface area (Å²) in [5, 5.41) is 4.02. The topological polar surface area (TPSA) is 60.9 Å². The van der Waals surface area contributed by atoms with Crippen molar-refractivity contribution in [2.24, 2.45) is 5.92 Å². The molecule has 3 atom stereocenters. The van der Waals surface area contributed by atoms with E-state index in [0.29, 0.717) is 6.42 Å². The summed E-state index contributed by atoms with van der Waals surface area (Å²) in [4.78, 5) is 24.6. The van der Waals surface area contributed by atoms with Crippen LogP contribution < -0.4 is 10.2 Å². The zero-order chi connectivity index (χ0) is 25.2. The predicted octanol–water partition coefficient (Wildman–Crippen LogP) is 4.57. The minimum Gasteiger partial charge on any atom is -0.378 e. The number of anilines is 2. The van der Waals surface area contributed by atoms with Crippen LogP contribution in [0.1, 0.15) is 35.1 Å². The minimum absolute atomic E-state index is 0.0690. The molecular formula is C28H34ClN5O2. The van der Waals surface area contributed by atoms with Crippen LogP contribution in [0.3, 0.4) is 0 Å². The first-order valence-corrected chi connectivity index (χ1v) is 12.9. The minimum atomic E-state index is -0.0777. The van der Waals surface area contributed by atoms with Gasteiger partial charge in [0.15, 0.2) is 0 Å². The fourth-order valence-corrected chi connectivity index (χ4v) is 5.43. The third kappa shape index (κ3) is 5.14. The molecule has 36 heavy (non-hydrogen) atoms. The quantitative estimate of drug-likeness (QED) is 0.618. The molecule has 2 aromatic rings. The van der Waals surface area contributed by atoms with Gasteiger partial charge in [-0.3, -0.25) is 4.79 Å². The zero-order valence-corrected chi connectivity index (χ0v) is 21.9. The molecule has 0 saturated carbocycles. The highest BCUT2D eigenvalue weighted by Gasteiger charge is 2.34. The number of benzene rings is 1. The fraction of sp³-hybridized carbons (Fsp3) is 0.429. The number of ether oxygens (including phenoxy) is 1. The lowest BCUT2D eigenvalue weighted by atomic mass is 9.81. The van der Waals surface area contributed by atoms with Crippen LogP contribution in [-0.2, 0) is 9.53 Å². The van der Waals surface area contributed by atoms with Gasteiger partial charge in [-0.25, -0.2) is 4.98 Å². The van der Waals surface area contributed by atoms with E-state index in [0.717, 1.165) is 66.1 Å². The SMILES string of the molecule is Cc1cc(C(CN(C)C)N2C=CC([C@H]3C=CNc4ncc(N5CCOCC5)cc43)CC2=O)ccc1Cl. The van der Waals surface area contributed by atoms with Crippen LogP contribution in [0.25, 0.3) is 0 Å². The van der Waals surface area contributed by atoms with E-state index in [1.807, 2.05) is 56.6 Å². The number of hydrogen-bond acceptors (Lipinski definition) is 6. The molecule has 8 heteroatoms. The van der Waals surface area contributed by atoms with Crippen molar-refractivity contribution in [1.29, 1.82) is 0 Å². The monoisotopic (exact) mass is 507 g/mol. The molecule has 1 saturated heterocycles. The summed E-state index contributed by atoms with van der Waals surface area (Å²) >= 11 is 6.28. The number of aromatic nitrogens is 1. The molecule has 2 unspecified atom stereocenters. The van der Waals surface area contributed by atoms with Crippen LogP contribution in [-0.4, -0.2) is 67.6 Å². The zero-order valence-electron chi connectivity index (χ0n) is 21.2. The Morgan fingerprint density at radius 3 is 2.75 bits per heavy atom. The summed E-state index contributed by atoms with van der Waals surface area (Å²) in [6.45, 7) is 5.92. The maximum atomic E-state index is 13.6. The van der Waals surface area contributed by atoms with E-state index >= 15 is 0 Å². The van der Waals surface area contributed by atoms with E-state index < -0.39 is 0 Å². The van der Waals surface area contributed by atoms with Gasteiger partial charge in [-0.15, -0.1) is 0 Å². The van der Waals surface area contributed by atoms with Crippen molar-refractivity contribution in [2.75, 3.05) is 57.2 Å². The van der Waals surface area contributed by atoms with Gasteiger partial charge in [0, 0.05) is 48.8 Å². The Kier molecular flexibility index (Phi) is 7.32. The number of halogens is 1. The highest BCUT2D eigenvalue weighted by Crippen LogP contribution is 2.40. The van der Waals surface area contributed by atoms with Crippen molar-refractivity contribution >= 4 is 29.0 Å². The Bertz CT molecular complexity index is 1170. The molecule has 7 nitrogen and oxygen atoms in total. The van der Waals surface area contributed by atoms with Crippen LogP contribution in [0.2, 0.25) is 5.02 Å². The number of carbonyl (C=O) groups is 1. The Morgan fingerprint density at radius 1 is 1.22 bits per heavy atom. The molecule has 1 N–H and O–H groups in total. The molecule has 3 aliphatic rings. The largest absolute Gasteiger partial charge is 0.378 e. The van der Waals surface area contributed by atoms with E-state index in [-0.39, 0.29) is 23.8 Å². The van der Waals surface area contributed by atoms with Crippen LogP contribution in [0.5, 0.6) is 0 Å². The Labute approximate surface area is 218 Å². The van der Waals surface area contributed by atoms with E-state index in [1.165, 1.54) is 0 Å². The van der Waals surface area contributed by atoms with Crippen molar-refractivity contribution in [3.8, 4) is 0 Å². The van der Waals surface area contributed by atoms with Crippen LogP contribution in [0, 0.1) is 12.8 Å². The normalized spacial score (nSPS) is 22.5. The molecule has 3 aliphatic heterocycles. The third-order valence-electron chi connectivity index (χ3n) is 7.26. The number of rotatable bonds is 6. The summed E-state index contributed by atoms with van der Waals surface area (Å²) < 4.78 is 5.51. The number of morpholine rings is 1. The molecule has 0 radical (unpaired) electrons.